The topological polar surface area (TPSA) is 64.0 Å². The molecule has 0 fully saturated rings. The van der Waals surface area contributed by atoms with E-state index in [1.54, 1.807) is 0 Å². The van der Waals surface area contributed by atoms with Gasteiger partial charge in [0, 0.05) is 18.8 Å². The Morgan fingerprint density at radius 1 is 1.23 bits per heavy atom. The molecule has 2 rings (SSSR count). The quantitative estimate of drug-likeness (QED) is 0.745. The van der Waals surface area contributed by atoms with Crippen LogP contribution in [0.5, 0.6) is 0 Å². The third-order valence-corrected chi connectivity index (χ3v) is 5.87. The lowest BCUT2D eigenvalue weighted by atomic mass is 10.2. The van der Waals surface area contributed by atoms with Crippen LogP contribution in [-0.2, 0) is 22.3 Å². The highest BCUT2D eigenvalue weighted by Gasteiger charge is 2.11. The van der Waals surface area contributed by atoms with Crippen molar-refractivity contribution < 1.29 is 8.42 Å². The molecule has 2 aromatic rings. The summed E-state index contributed by atoms with van der Waals surface area (Å²) in [6.45, 7) is 5.02. The van der Waals surface area contributed by atoms with Gasteiger partial charge in [-0.3, -0.25) is 4.68 Å². The van der Waals surface area contributed by atoms with Crippen LogP contribution in [0, 0.1) is 13.8 Å². The molecule has 0 unspecified atom stereocenters. The molecule has 1 N–H and O–H groups in total. The minimum absolute atomic E-state index is 0.0132. The normalized spacial score (nSPS) is 11.8. The molecule has 0 saturated heterocycles. The number of sulfonamides is 1. The number of hydrogen-bond donors (Lipinski definition) is 1. The number of hydrogen-bond acceptors (Lipinski definition) is 3. The molecular formula is C15H20BrN3O2S. The maximum atomic E-state index is 12.0. The van der Waals surface area contributed by atoms with E-state index in [2.05, 4.69) is 25.8 Å². The summed E-state index contributed by atoms with van der Waals surface area (Å²) >= 11 is 3.48. The lowest BCUT2D eigenvalue weighted by Crippen LogP contribution is -2.27. The van der Waals surface area contributed by atoms with Crippen LogP contribution < -0.4 is 4.72 Å². The third kappa shape index (κ3) is 4.66. The predicted molar refractivity (Wildman–Crippen MR) is 91.1 cm³/mol. The van der Waals surface area contributed by atoms with Crippen molar-refractivity contribution in [1.82, 2.24) is 14.5 Å². The Morgan fingerprint density at radius 3 is 2.50 bits per heavy atom. The first-order valence-corrected chi connectivity index (χ1v) is 9.54. The summed E-state index contributed by atoms with van der Waals surface area (Å²) < 4.78 is 29.5. The molecule has 120 valence electrons. The van der Waals surface area contributed by atoms with Crippen molar-refractivity contribution in [3.63, 3.8) is 0 Å². The molecule has 7 heteroatoms. The SMILES string of the molecule is Cc1nn(CCCNS(=O)(=O)Cc2ccccc2)c(C)c1Br. The van der Waals surface area contributed by atoms with Gasteiger partial charge in [-0.25, -0.2) is 13.1 Å². The van der Waals surface area contributed by atoms with E-state index in [0.29, 0.717) is 19.5 Å². The molecule has 1 heterocycles. The van der Waals surface area contributed by atoms with Crippen LogP contribution in [0.3, 0.4) is 0 Å². The smallest absolute Gasteiger partial charge is 0.215 e. The van der Waals surface area contributed by atoms with Gasteiger partial charge >= 0.3 is 0 Å². The highest BCUT2D eigenvalue weighted by molar-refractivity contribution is 9.10. The van der Waals surface area contributed by atoms with E-state index >= 15 is 0 Å². The molecule has 0 spiro atoms. The molecule has 0 aliphatic heterocycles. The summed E-state index contributed by atoms with van der Waals surface area (Å²) in [5, 5.41) is 4.40. The molecule has 5 nitrogen and oxygen atoms in total. The number of aryl methyl sites for hydroxylation is 2. The Kier molecular flexibility index (Phi) is 5.77. The van der Waals surface area contributed by atoms with Gasteiger partial charge < -0.3 is 0 Å². The first-order valence-electron chi connectivity index (χ1n) is 7.10. The number of aromatic nitrogens is 2. The zero-order valence-electron chi connectivity index (χ0n) is 12.7. The van der Waals surface area contributed by atoms with Gasteiger partial charge in [-0.2, -0.15) is 5.10 Å². The summed E-state index contributed by atoms with van der Waals surface area (Å²) in [6, 6.07) is 9.17. The van der Waals surface area contributed by atoms with Crippen LogP contribution in [0.1, 0.15) is 23.4 Å². The van der Waals surface area contributed by atoms with Gasteiger partial charge in [-0.15, -0.1) is 0 Å². The van der Waals surface area contributed by atoms with Crippen molar-refractivity contribution >= 4 is 26.0 Å². The van der Waals surface area contributed by atoms with Crippen molar-refractivity contribution in [2.75, 3.05) is 6.54 Å². The van der Waals surface area contributed by atoms with Crippen LogP contribution in [0.25, 0.3) is 0 Å². The molecular weight excluding hydrogens is 366 g/mol. The maximum Gasteiger partial charge on any atom is 0.215 e. The zero-order valence-corrected chi connectivity index (χ0v) is 15.1. The van der Waals surface area contributed by atoms with E-state index in [1.807, 2.05) is 48.9 Å². The van der Waals surface area contributed by atoms with Crippen LogP contribution in [0.4, 0.5) is 0 Å². The molecule has 0 radical (unpaired) electrons. The number of nitrogens with one attached hydrogen (secondary N) is 1. The van der Waals surface area contributed by atoms with Crippen LogP contribution in [-0.4, -0.2) is 24.7 Å². The van der Waals surface area contributed by atoms with Crippen LogP contribution >= 0.6 is 15.9 Å². The first kappa shape index (κ1) is 17.2. The number of benzene rings is 1. The van der Waals surface area contributed by atoms with Gasteiger partial charge in [-0.05, 0) is 41.8 Å². The van der Waals surface area contributed by atoms with Gasteiger partial charge in [0.25, 0.3) is 0 Å². The minimum Gasteiger partial charge on any atom is -0.268 e. The molecule has 22 heavy (non-hydrogen) atoms. The largest absolute Gasteiger partial charge is 0.268 e. The molecule has 0 amide bonds. The molecule has 0 aliphatic carbocycles. The zero-order chi connectivity index (χ0) is 16.2. The molecule has 0 saturated carbocycles. The second-order valence-corrected chi connectivity index (χ2v) is 7.80. The second kappa shape index (κ2) is 7.39. The maximum absolute atomic E-state index is 12.0. The fourth-order valence-electron chi connectivity index (χ4n) is 2.19. The van der Waals surface area contributed by atoms with Gasteiger partial charge in [0.05, 0.1) is 15.9 Å². The third-order valence-electron chi connectivity index (χ3n) is 3.36. The van der Waals surface area contributed by atoms with Crippen molar-refractivity contribution in [3.8, 4) is 0 Å². The monoisotopic (exact) mass is 385 g/mol. The van der Waals surface area contributed by atoms with Gasteiger partial charge in [0.1, 0.15) is 0 Å². The first-order chi connectivity index (χ1) is 10.4. The standard InChI is InChI=1S/C15H20BrN3O2S/c1-12-15(16)13(2)19(18-12)10-6-9-17-22(20,21)11-14-7-4-3-5-8-14/h3-5,7-8,17H,6,9-11H2,1-2H3. The average molecular weight is 386 g/mol. The Bertz CT molecular complexity index is 727. The highest BCUT2D eigenvalue weighted by atomic mass is 79.9. The summed E-state index contributed by atoms with van der Waals surface area (Å²) in [7, 11) is -3.29. The lowest BCUT2D eigenvalue weighted by Gasteiger charge is -2.08. The Hall–Kier alpha value is -1.18. The van der Waals surface area contributed by atoms with E-state index in [0.717, 1.165) is 21.4 Å². The van der Waals surface area contributed by atoms with E-state index in [4.69, 9.17) is 0 Å². The Labute approximate surface area is 139 Å². The van der Waals surface area contributed by atoms with E-state index in [-0.39, 0.29) is 5.75 Å². The van der Waals surface area contributed by atoms with Crippen LogP contribution in [0.2, 0.25) is 0 Å². The molecule has 1 aromatic heterocycles. The van der Waals surface area contributed by atoms with E-state index < -0.39 is 10.0 Å². The fraction of sp³-hybridized carbons (Fsp3) is 0.400. The highest BCUT2D eigenvalue weighted by Crippen LogP contribution is 2.19. The van der Waals surface area contributed by atoms with Crippen molar-refractivity contribution in [3.05, 3.63) is 51.8 Å². The van der Waals surface area contributed by atoms with Gasteiger partial charge in [0.2, 0.25) is 10.0 Å². The number of rotatable bonds is 7. The minimum atomic E-state index is -3.29. The summed E-state index contributed by atoms with van der Waals surface area (Å²) in [5.41, 5.74) is 2.80. The molecule has 1 aromatic carbocycles. The van der Waals surface area contributed by atoms with Gasteiger partial charge in [-0.1, -0.05) is 30.3 Å². The van der Waals surface area contributed by atoms with Crippen molar-refractivity contribution in [1.29, 1.82) is 0 Å². The molecule has 0 atom stereocenters. The average Bonchev–Trinajstić information content (AvgIpc) is 2.72. The molecule has 0 aliphatic rings. The van der Waals surface area contributed by atoms with Crippen molar-refractivity contribution in [2.24, 2.45) is 0 Å². The number of nitrogens with zero attached hydrogens (tertiary/aromatic N) is 2. The number of halogens is 1. The van der Waals surface area contributed by atoms with E-state index in [1.165, 1.54) is 0 Å². The Morgan fingerprint density at radius 2 is 1.91 bits per heavy atom. The van der Waals surface area contributed by atoms with Crippen molar-refractivity contribution in [2.45, 2.75) is 32.6 Å². The predicted octanol–water partition coefficient (Wildman–Crippen LogP) is 2.77. The van der Waals surface area contributed by atoms with E-state index in [9.17, 15) is 8.42 Å². The summed E-state index contributed by atoms with van der Waals surface area (Å²) in [6.07, 6.45) is 0.697. The lowest BCUT2D eigenvalue weighted by molar-refractivity contribution is 0.543. The summed E-state index contributed by atoms with van der Waals surface area (Å²) in [5.74, 6) is 0.0132. The Balaban J connectivity index is 1.82. The van der Waals surface area contributed by atoms with Gasteiger partial charge in [0.15, 0.2) is 0 Å². The summed E-state index contributed by atoms with van der Waals surface area (Å²) in [4.78, 5) is 0. The van der Waals surface area contributed by atoms with Crippen LogP contribution in [0.15, 0.2) is 34.8 Å². The fourth-order valence-corrected chi connectivity index (χ4v) is 3.67. The second-order valence-electron chi connectivity index (χ2n) is 5.20. The molecule has 0 bridgehead atoms.